The van der Waals surface area contributed by atoms with Gasteiger partial charge in [0.15, 0.2) is 0 Å². The van der Waals surface area contributed by atoms with Crippen molar-refractivity contribution in [2.45, 2.75) is 26.3 Å². The van der Waals surface area contributed by atoms with E-state index in [2.05, 4.69) is 61.6 Å². The van der Waals surface area contributed by atoms with Crippen LogP contribution in [-0.4, -0.2) is 13.7 Å². The molecule has 0 bridgehead atoms. The lowest BCUT2D eigenvalue weighted by Crippen LogP contribution is -2.23. The van der Waals surface area contributed by atoms with Crippen LogP contribution in [0.15, 0.2) is 48.5 Å². The Morgan fingerprint density at radius 1 is 1.10 bits per heavy atom. The summed E-state index contributed by atoms with van der Waals surface area (Å²) in [6.07, 6.45) is 1.00. The molecule has 0 aliphatic rings. The molecule has 0 saturated carbocycles. The maximum Gasteiger partial charge on any atom is 0.119 e. The molecule has 0 heterocycles. The highest BCUT2D eigenvalue weighted by Gasteiger charge is 2.13. The van der Waals surface area contributed by atoms with E-state index in [4.69, 9.17) is 4.74 Å². The summed E-state index contributed by atoms with van der Waals surface area (Å²) in [6, 6.07) is 17.3. The highest BCUT2D eigenvalue weighted by Crippen LogP contribution is 2.25. The van der Waals surface area contributed by atoms with Gasteiger partial charge in [-0.15, -0.1) is 0 Å². The lowest BCUT2D eigenvalue weighted by Gasteiger charge is -2.21. The molecule has 2 aromatic rings. The van der Waals surface area contributed by atoms with Crippen molar-refractivity contribution in [2.24, 2.45) is 0 Å². The van der Waals surface area contributed by atoms with Gasteiger partial charge in [0.2, 0.25) is 0 Å². The molecule has 2 heteroatoms. The zero-order valence-corrected chi connectivity index (χ0v) is 12.5. The van der Waals surface area contributed by atoms with E-state index in [9.17, 15) is 0 Å². The van der Waals surface area contributed by atoms with E-state index in [1.165, 1.54) is 16.7 Å². The maximum absolute atomic E-state index is 5.29. The Hall–Kier alpha value is -1.80. The molecule has 0 spiro atoms. The molecule has 1 atom stereocenters. The highest BCUT2D eigenvalue weighted by atomic mass is 16.5. The monoisotopic (exact) mass is 269 g/mol. The van der Waals surface area contributed by atoms with Crippen LogP contribution in [-0.2, 0) is 6.42 Å². The Labute approximate surface area is 121 Å². The lowest BCUT2D eigenvalue weighted by molar-refractivity contribution is 0.414. The molecule has 1 N–H and O–H groups in total. The second-order valence-corrected chi connectivity index (χ2v) is 5.02. The molecule has 2 rings (SSSR count). The number of nitrogens with one attached hydrogen (secondary N) is 1. The number of rotatable bonds is 6. The molecule has 0 aromatic heterocycles. The third-order valence-electron chi connectivity index (χ3n) is 3.59. The maximum atomic E-state index is 5.29. The average molecular weight is 269 g/mol. The van der Waals surface area contributed by atoms with Crippen molar-refractivity contribution in [3.05, 3.63) is 65.2 Å². The number of likely N-dealkylation sites (N-methyl/N-ethyl adjacent to an activating group) is 1. The normalized spacial score (nSPS) is 12.2. The standard InChI is InChI=1S/C18H23NO/c1-4-19-18(13-15-8-6-5-7-9-15)17-11-10-16(20-3)12-14(17)2/h5-12,18-19H,4,13H2,1-3H3. The third-order valence-corrected chi connectivity index (χ3v) is 3.59. The van der Waals surface area contributed by atoms with Crippen molar-refractivity contribution in [3.8, 4) is 5.75 Å². The van der Waals surface area contributed by atoms with Crippen molar-refractivity contribution in [2.75, 3.05) is 13.7 Å². The number of methoxy groups -OCH3 is 1. The lowest BCUT2D eigenvalue weighted by atomic mass is 9.95. The molecular formula is C18H23NO. The highest BCUT2D eigenvalue weighted by molar-refractivity contribution is 5.37. The Morgan fingerprint density at radius 3 is 2.45 bits per heavy atom. The van der Waals surface area contributed by atoms with E-state index >= 15 is 0 Å². The minimum absolute atomic E-state index is 0.341. The van der Waals surface area contributed by atoms with Gasteiger partial charge in [-0.1, -0.05) is 43.3 Å². The average Bonchev–Trinajstić information content (AvgIpc) is 2.48. The van der Waals surface area contributed by atoms with Crippen LogP contribution in [0.1, 0.15) is 29.7 Å². The SMILES string of the molecule is CCNC(Cc1ccccc1)c1ccc(OC)cc1C. The van der Waals surface area contributed by atoms with Crippen LogP contribution in [0.4, 0.5) is 0 Å². The van der Waals surface area contributed by atoms with Crippen LogP contribution in [0.25, 0.3) is 0 Å². The summed E-state index contributed by atoms with van der Waals surface area (Å²) in [5, 5.41) is 3.58. The Bertz CT molecular complexity index is 536. The zero-order chi connectivity index (χ0) is 14.4. The summed E-state index contributed by atoms with van der Waals surface area (Å²) in [5.41, 5.74) is 3.97. The number of hydrogen-bond donors (Lipinski definition) is 1. The third kappa shape index (κ3) is 3.61. The predicted molar refractivity (Wildman–Crippen MR) is 84.3 cm³/mol. The first-order chi connectivity index (χ1) is 9.74. The number of aryl methyl sites for hydroxylation is 1. The molecule has 2 nitrogen and oxygen atoms in total. The predicted octanol–water partition coefficient (Wildman–Crippen LogP) is 3.90. The molecular weight excluding hydrogens is 246 g/mol. The van der Waals surface area contributed by atoms with Gasteiger partial charge in [-0.2, -0.15) is 0 Å². The fourth-order valence-corrected chi connectivity index (χ4v) is 2.55. The quantitative estimate of drug-likeness (QED) is 0.859. The number of benzene rings is 2. The van der Waals surface area contributed by atoms with E-state index in [0.29, 0.717) is 6.04 Å². The van der Waals surface area contributed by atoms with Gasteiger partial charge in [-0.3, -0.25) is 0 Å². The fourth-order valence-electron chi connectivity index (χ4n) is 2.55. The van der Waals surface area contributed by atoms with Crippen molar-refractivity contribution in [1.29, 1.82) is 0 Å². The smallest absolute Gasteiger partial charge is 0.119 e. The van der Waals surface area contributed by atoms with E-state index in [1.54, 1.807) is 7.11 Å². The largest absolute Gasteiger partial charge is 0.497 e. The molecule has 2 aromatic carbocycles. The van der Waals surface area contributed by atoms with Gasteiger partial charge in [-0.25, -0.2) is 0 Å². The van der Waals surface area contributed by atoms with Crippen molar-refractivity contribution >= 4 is 0 Å². The second kappa shape index (κ2) is 7.11. The summed E-state index contributed by atoms with van der Waals surface area (Å²) < 4.78 is 5.29. The minimum Gasteiger partial charge on any atom is -0.497 e. The molecule has 106 valence electrons. The first-order valence-electron chi connectivity index (χ1n) is 7.16. The first kappa shape index (κ1) is 14.6. The van der Waals surface area contributed by atoms with Gasteiger partial charge < -0.3 is 10.1 Å². The second-order valence-electron chi connectivity index (χ2n) is 5.02. The first-order valence-corrected chi connectivity index (χ1v) is 7.16. The van der Waals surface area contributed by atoms with E-state index < -0.39 is 0 Å². The Kier molecular flexibility index (Phi) is 5.19. The Morgan fingerprint density at radius 2 is 1.85 bits per heavy atom. The zero-order valence-electron chi connectivity index (χ0n) is 12.5. The number of ether oxygens (including phenoxy) is 1. The van der Waals surface area contributed by atoms with Crippen LogP contribution < -0.4 is 10.1 Å². The van der Waals surface area contributed by atoms with Gasteiger partial charge in [0, 0.05) is 6.04 Å². The van der Waals surface area contributed by atoms with Crippen LogP contribution in [0.3, 0.4) is 0 Å². The van der Waals surface area contributed by atoms with Crippen molar-refractivity contribution < 1.29 is 4.74 Å². The van der Waals surface area contributed by atoms with Crippen molar-refractivity contribution in [3.63, 3.8) is 0 Å². The fraction of sp³-hybridized carbons (Fsp3) is 0.333. The molecule has 0 amide bonds. The summed E-state index contributed by atoms with van der Waals surface area (Å²) in [7, 11) is 1.71. The van der Waals surface area contributed by atoms with E-state index in [0.717, 1.165) is 18.7 Å². The van der Waals surface area contributed by atoms with E-state index in [1.807, 2.05) is 6.07 Å². The summed E-state index contributed by atoms with van der Waals surface area (Å²) in [4.78, 5) is 0. The minimum atomic E-state index is 0.341. The number of hydrogen-bond acceptors (Lipinski definition) is 2. The summed E-state index contributed by atoms with van der Waals surface area (Å²) in [6.45, 7) is 5.26. The molecule has 1 unspecified atom stereocenters. The molecule has 0 saturated heterocycles. The summed E-state index contributed by atoms with van der Waals surface area (Å²) in [5.74, 6) is 0.918. The molecule has 0 fully saturated rings. The van der Waals surface area contributed by atoms with Gasteiger partial charge in [0.25, 0.3) is 0 Å². The topological polar surface area (TPSA) is 21.3 Å². The van der Waals surface area contributed by atoms with Crippen LogP contribution in [0, 0.1) is 6.92 Å². The van der Waals surface area contributed by atoms with E-state index in [-0.39, 0.29) is 0 Å². The van der Waals surface area contributed by atoms with Crippen LogP contribution in [0.5, 0.6) is 5.75 Å². The van der Waals surface area contributed by atoms with Crippen LogP contribution in [0.2, 0.25) is 0 Å². The Balaban J connectivity index is 2.24. The summed E-state index contributed by atoms with van der Waals surface area (Å²) >= 11 is 0. The van der Waals surface area contributed by atoms with Gasteiger partial charge in [-0.05, 0) is 48.7 Å². The van der Waals surface area contributed by atoms with Gasteiger partial charge in [0.1, 0.15) is 5.75 Å². The molecule has 20 heavy (non-hydrogen) atoms. The van der Waals surface area contributed by atoms with Gasteiger partial charge in [0.05, 0.1) is 7.11 Å². The molecule has 0 aliphatic heterocycles. The molecule has 0 radical (unpaired) electrons. The van der Waals surface area contributed by atoms with Crippen LogP contribution >= 0.6 is 0 Å². The molecule has 0 aliphatic carbocycles. The van der Waals surface area contributed by atoms with Gasteiger partial charge >= 0.3 is 0 Å². The van der Waals surface area contributed by atoms with Crippen molar-refractivity contribution in [1.82, 2.24) is 5.32 Å².